The Morgan fingerprint density at radius 3 is 1.84 bits per heavy atom. The van der Waals surface area contributed by atoms with Crippen molar-refractivity contribution in [1.82, 2.24) is 4.98 Å². The summed E-state index contributed by atoms with van der Waals surface area (Å²) in [6.07, 6.45) is 3.13. The molecule has 0 fully saturated rings. The third-order valence-electron chi connectivity index (χ3n) is 16.6. The van der Waals surface area contributed by atoms with E-state index < -0.39 is 17.7 Å². The maximum atomic E-state index is 9.27. The number of anilines is 6. The molecule has 5 nitrogen and oxygen atoms in total. The summed E-state index contributed by atoms with van der Waals surface area (Å²) in [5.41, 5.74) is 16.4. The highest BCUT2D eigenvalue weighted by Crippen LogP contribution is 2.52. The Morgan fingerprint density at radius 2 is 1.14 bits per heavy atom. The van der Waals surface area contributed by atoms with Crippen LogP contribution in [0.5, 0.6) is 11.5 Å². The lowest BCUT2D eigenvalue weighted by molar-refractivity contribution is 0.333. The second-order valence-corrected chi connectivity index (χ2v) is 26.5. The minimum absolute atomic E-state index is 0.0230. The number of nitrogens with one attached hydrogen (secondary N) is 1. The Kier molecular flexibility index (Phi) is 11.9. The van der Waals surface area contributed by atoms with Gasteiger partial charge in [-0.15, -0.1) is 0 Å². The topological polar surface area (TPSA) is 40.6 Å². The Balaban J connectivity index is 0.911. The van der Waals surface area contributed by atoms with Gasteiger partial charge in [0.05, 0.1) is 21.2 Å². The summed E-state index contributed by atoms with van der Waals surface area (Å²) in [5, 5.41) is 3.50. The van der Waals surface area contributed by atoms with E-state index in [1.54, 1.807) is 6.07 Å². The van der Waals surface area contributed by atoms with E-state index in [0.717, 1.165) is 74.7 Å². The van der Waals surface area contributed by atoms with E-state index in [-0.39, 0.29) is 39.9 Å². The molecule has 0 atom stereocenters. The molecule has 11 rings (SSSR count). The number of para-hydroxylation sites is 3. The van der Waals surface area contributed by atoms with E-state index in [4.69, 9.17) is 16.6 Å². The van der Waals surface area contributed by atoms with Crippen LogP contribution < -0.4 is 19.9 Å². The van der Waals surface area contributed by atoms with Gasteiger partial charge >= 0.3 is 0 Å². The van der Waals surface area contributed by atoms with Gasteiger partial charge in [0.15, 0.2) is 0 Å². The largest absolute Gasteiger partial charge is 0.457 e. The molecule has 0 spiro atoms. The zero-order valence-electron chi connectivity index (χ0n) is 55.0. The molecule has 0 radical (unpaired) electrons. The van der Waals surface area contributed by atoms with E-state index >= 15 is 0 Å². The number of aryl methyl sites for hydroxylation is 1. The van der Waals surface area contributed by atoms with Crippen molar-refractivity contribution in [3.63, 3.8) is 0 Å². The van der Waals surface area contributed by atoms with Crippen LogP contribution in [-0.2, 0) is 27.1 Å². The monoisotopic (exact) mass is 1060 g/mol. The predicted octanol–water partition coefficient (Wildman–Crippen LogP) is 21.1. The number of pyridine rings is 1. The third-order valence-corrected chi connectivity index (χ3v) is 16.6. The van der Waals surface area contributed by atoms with Crippen LogP contribution in [-0.4, -0.2) is 11.7 Å². The molecule has 8 aromatic carbocycles. The van der Waals surface area contributed by atoms with E-state index in [1.807, 2.05) is 42.5 Å². The van der Waals surface area contributed by atoms with Gasteiger partial charge in [-0.25, -0.2) is 4.98 Å². The molecule has 5 heteroatoms. The molecule has 2 aliphatic rings. The summed E-state index contributed by atoms with van der Waals surface area (Å²) >= 11 is 0. The Labute approximate surface area is 486 Å². The van der Waals surface area contributed by atoms with Crippen LogP contribution in [0.4, 0.5) is 34.3 Å². The van der Waals surface area contributed by atoms with Gasteiger partial charge in [-0.2, -0.15) is 0 Å². The highest BCUT2D eigenvalue weighted by molar-refractivity contribution is 5.99. The number of nitrogens with zero attached hydrogens (tertiary/aromatic N) is 3. The molecular weight excluding hydrogens is 973 g/mol. The zero-order valence-corrected chi connectivity index (χ0v) is 49.0. The number of rotatable bonds is 10. The Bertz CT molecular complexity index is 4070. The summed E-state index contributed by atoms with van der Waals surface area (Å²) in [6, 6.07) is 57.3. The van der Waals surface area contributed by atoms with Crippen molar-refractivity contribution in [1.29, 1.82) is 0 Å². The van der Waals surface area contributed by atoms with Crippen LogP contribution in [0, 0.1) is 6.85 Å². The van der Waals surface area contributed by atoms with Crippen LogP contribution in [0.1, 0.15) is 144 Å². The first-order chi connectivity index (χ1) is 40.4. The molecule has 1 aliphatic carbocycles. The molecule has 80 heavy (non-hydrogen) atoms. The molecule has 1 aromatic heterocycles. The van der Waals surface area contributed by atoms with Crippen LogP contribution >= 0.6 is 0 Å². The smallest absolute Gasteiger partial charge is 0.130 e. The molecule has 1 N–H and O–H groups in total. The average molecular weight is 1060 g/mol. The molecule has 406 valence electrons. The number of benzene rings is 8. The lowest BCUT2D eigenvalue weighted by atomic mass is 9.61. The summed E-state index contributed by atoms with van der Waals surface area (Å²) in [7, 11) is 0. The number of aromatic nitrogens is 1. The maximum Gasteiger partial charge on any atom is 0.130 e. The summed E-state index contributed by atoms with van der Waals surface area (Å²) in [6.45, 7) is 26.4. The molecule has 0 bridgehead atoms. The summed E-state index contributed by atoms with van der Waals surface area (Å²) in [4.78, 5) is 9.69. The zero-order chi connectivity index (χ0) is 61.6. The van der Waals surface area contributed by atoms with Gasteiger partial charge in [-0.05, 0) is 157 Å². The van der Waals surface area contributed by atoms with Crippen molar-refractivity contribution < 1.29 is 13.0 Å². The van der Waals surface area contributed by atoms with E-state index in [9.17, 15) is 1.37 Å². The van der Waals surface area contributed by atoms with Crippen molar-refractivity contribution in [3.05, 3.63) is 221 Å². The lowest BCUT2D eigenvalue weighted by Gasteiger charge is -2.43. The SMILES string of the molecule is [2H]c1c([2H])c(-c2cnc(Nc3ccc(C(C)(C)C)cc3-c3ccc(Oc4cccc(N5CN(c6c(-c7ccc(C(C)(C)C)cc7)cccc6-c6cccc(C(C)(C)C)c6)c6ccccc65)c4)cc3)cc2C([2H])([2H])[2H])c2c(c1[2H])C(C)(C)CCC2(C)C. The predicted molar refractivity (Wildman–Crippen MR) is 340 cm³/mol. The molecule has 1 aliphatic heterocycles. The van der Waals surface area contributed by atoms with Crippen LogP contribution in [0.25, 0.3) is 44.5 Å². The molecule has 0 unspecified atom stereocenters. The molecule has 2 heterocycles. The number of hydrogen-bond acceptors (Lipinski definition) is 5. The van der Waals surface area contributed by atoms with Crippen LogP contribution in [0.15, 0.2) is 188 Å². The quantitative estimate of drug-likeness (QED) is 0.148. The Hall–Kier alpha value is -7.89. The first-order valence-electron chi connectivity index (χ1n) is 31.3. The van der Waals surface area contributed by atoms with Crippen molar-refractivity contribution in [2.45, 2.75) is 137 Å². The van der Waals surface area contributed by atoms with Crippen molar-refractivity contribution >= 4 is 34.3 Å². The molecule has 9 aromatic rings. The van der Waals surface area contributed by atoms with Crippen molar-refractivity contribution in [3.8, 4) is 56.0 Å². The van der Waals surface area contributed by atoms with Crippen molar-refractivity contribution in [2.24, 2.45) is 0 Å². The van der Waals surface area contributed by atoms with Gasteiger partial charge in [0, 0.05) is 50.0 Å². The van der Waals surface area contributed by atoms with Gasteiger partial charge in [-0.3, -0.25) is 0 Å². The van der Waals surface area contributed by atoms with Gasteiger partial charge < -0.3 is 19.9 Å². The molecule has 0 amide bonds. The maximum absolute atomic E-state index is 9.27. The fourth-order valence-electron chi connectivity index (χ4n) is 11.7. The minimum Gasteiger partial charge on any atom is -0.457 e. The molecule has 0 saturated heterocycles. The number of hydrogen-bond donors (Lipinski definition) is 1. The van der Waals surface area contributed by atoms with Gasteiger partial charge in [-0.1, -0.05) is 211 Å². The van der Waals surface area contributed by atoms with Crippen molar-refractivity contribution in [2.75, 3.05) is 21.8 Å². The highest BCUT2D eigenvalue weighted by atomic mass is 16.5. The second-order valence-electron chi connectivity index (χ2n) is 26.5. The first kappa shape index (κ1) is 47.0. The number of fused-ring (bicyclic) bond motifs is 2. The van der Waals surface area contributed by atoms with E-state index in [1.165, 1.54) is 28.5 Å². The van der Waals surface area contributed by atoms with Gasteiger partial charge in [0.25, 0.3) is 0 Å². The van der Waals surface area contributed by atoms with E-state index in [2.05, 4.69) is 220 Å². The molecular formula is C75H80N4O. The minimum atomic E-state index is -2.59. The fourth-order valence-corrected chi connectivity index (χ4v) is 11.7. The first-order valence-corrected chi connectivity index (χ1v) is 28.3. The second kappa shape index (κ2) is 20.3. The Morgan fingerprint density at radius 1 is 0.525 bits per heavy atom. The number of ether oxygens (including phenoxy) is 1. The van der Waals surface area contributed by atoms with Crippen LogP contribution in [0.2, 0.25) is 0 Å². The normalized spacial score (nSPS) is 16.1. The fraction of sp³-hybridized carbons (Fsp3) is 0.293. The highest BCUT2D eigenvalue weighted by Gasteiger charge is 2.39. The molecule has 0 saturated carbocycles. The van der Waals surface area contributed by atoms with Gasteiger partial charge in [0.2, 0.25) is 0 Å². The lowest BCUT2D eigenvalue weighted by Crippen LogP contribution is -2.34. The average Bonchev–Trinajstić information content (AvgIpc) is 0.762. The third kappa shape index (κ3) is 10.6. The summed E-state index contributed by atoms with van der Waals surface area (Å²) < 4.78 is 60.5. The van der Waals surface area contributed by atoms with Gasteiger partial charge in [0.1, 0.15) is 24.0 Å². The standard InChI is InChI=1S/C75H80N4O/c1-49-43-68(76-47-63(49)61-27-20-28-64-69(61)75(13,14)42-41-74(64,11)12)77-65-40-37-55(73(8,9)10)45-62(65)51-33-38-57(39-34-51)80-58-24-18-23-56(46-58)78-48-79(67-30-16-15-29-66(67)78)70-59(50-31-35-53(36-32-50)71(2,3)4)25-19-26-60(70)52-21-17-22-54(44-52)72(5,6)7/h15-40,43-47H,41-42,48H2,1-14H3,(H,76,77)/i1D3,20D,27D,28D. The van der Waals surface area contributed by atoms with Crippen LogP contribution in [0.3, 0.4) is 0 Å². The summed E-state index contributed by atoms with van der Waals surface area (Å²) in [5.74, 6) is 1.69. The van der Waals surface area contributed by atoms with E-state index in [0.29, 0.717) is 40.7 Å².